The molecule has 0 aliphatic heterocycles. The number of methoxy groups -OCH3 is 1. The van der Waals surface area contributed by atoms with Crippen LogP contribution in [-0.2, 0) is 4.74 Å². The third-order valence-corrected chi connectivity index (χ3v) is 1.98. The first-order valence-corrected chi connectivity index (χ1v) is 4.72. The molecule has 0 fully saturated rings. The second-order valence-corrected chi connectivity index (χ2v) is 3.06. The molecule has 2 heterocycles. The predicted molar refractivity (Wildman–Crippen MR) is 56.7 cm³/mol. The zero-order valence-electron chi connectivity index (χ0n) is 8.49. The van der Waals surface area contributed by atoms with Gasteiger partial charge in [0, 0.05) is 19.7 Å². The molecule has 0 spiro atoms. The summed E-state index contributed by atoms with van der Waals surface area (Å²) in [4.78, 5) is 0. The van der Waals surface area contributed by atoms with Crippen molar-refractivity contribution in [2.45, 2.75) is 0 Å². The third kappa shape index (κ3) is 2.38. The minimum Gasteiger partial charge on any atom is -0.463 e. The summed E-state index contributed by atoms with van der Waals surface area (Å²) in [5.74, 6) is 1.57. The fourth-order valence-corrected chi connectivity index (χ4v) is 1.25. The lowest BCUT2D eigenvalue weighted by Crippen LogP contribution is -2.07. The zero-order valence-corrected chi connectivity index (χ0v) is 8.49. The van der Waals surface area contributed by atoms with Crippen LogP contribution in [0.25, 0.3) is 11.5 Å². The molecule has 5 heteroatoms. The number of nitrogens with zero attached hydrogens (tertiary/aromatic N) is 1. The third-order valence-electron chi connectivity index (χ3n) is 1.98. The number of anilines is 1. The van der Waals surface area contributed by atoms with Crippen LogP contribution in [0.1, 0.15) is 0 Å². The number of aromatic amines is 1. The van der Waals surface area contributed by atoms with Crippen molar-refractivity contribution in [3.05, 3.63) is 24.5 Å². The van der Waals surface area contributed by atoms with E-state index in [0.717, 1.165) is 23.8 Å². The van der Waals surface area contributed by atoms with Gasteiger partial charge in [-0.2, -0.15) is 5.10 Å². The van der Waals surface area contributed by atoms with Crippen LogP contribution < -0.4 is 5.32 Å². The quantitative estimate of drug-likeness (QED) is 0.733. The minimum atomic E-state index is 0.656. The summed E-state index contributed by atoms with van der Waals surface area (Å²) < 4.78 is 10.2. The average Bonchev–Trinajstić information content (AvgIpc) is 2.87. The van der Waals surface area contributed by atoms with Crippen molar-refractivity contribution >= 4 is 5.82 Å². The number of rotatable bonds is 5. The fourth-order valence-electron chi connectivity index (χ4n) is 1.25. The summed E-state index contributed by atoms with van der Waals surface area (Å²) >= 11 is 0. The predicted octanol–water partition coefficient (Wildman–Crippen LogP) is 1.73. The molecule has 0 radical (unpaired) electrons. The molecule has 2 rings (SSSR count). The fraction of sp³-hybridized carbons (Fsp3) is 0.300. The van der Waals surface area contributed by atoms with E-state index in [0.29, 0.717) is 6.61 Å². The molecule has 2 N–H and O–H groups in total. The molecule has 0 aliphatic rings. The molecule has 0 amide bonds. The number of hydrogen-bond acceptors (Lipinski definition) is 4. The lowest BCUT2D eigenvalue weighted by atomic mass is 10.3. The Balaban J connectivity index is 1.98. The summed E-state index contributed by atoms with van der Waals surface area (Å²) in [6, 6.07) is 5.62. The van der Waals surface area contributed by atoms with Crippen molar-refractivity contribution in [2.24, 2.45) is 0 Å². The maximum atomic E-state index is 5.23. The van der Waals surface area contributed by atoms with Gasteiger partial charge in [0.15, 0.2) is 5.76 Å². The highest BCUT2D eigenvalue weighted by Crippen LogP contribution is 2.19. The monoisotopic (exact) mass is 207 g/mol. The molecule has 2 aromatic heterocycles. The lowest BCUT2D eigenvalue weighted by molar-refractivity contribution is 0.210. The van der Waals surface area contributed by atoms with Gasteiger partial charge in [-0.3, -0.25) is 5.10 Å². The van der Waals surface area contributed by atoms with Gasteiger partial charge in [0.25, 0.3) is 0 Å². The SMILES string of the molecule is COCCNc1cc(-c2ccco2)[nH]n1. The largest absolute Gasteiger partial charge is 0.463 e. The summed E-state index contributed by atoms with van der Waals surface area (Å²) in [5.41, 5.74) is 0.861. The number of furan rings is 1. The molecule has 15 heavy (non-hydrogen) atoms. The Hall–Kier alpha value is -1.75. The van der Waals surface area contributed by atoms with Gasteiger partial charge in [-0.1, -0.05) is 0 Å². The summed E-state index contributed by atoms with van der Waals surface area (Å²) in [6.45, 7) is 1.39. The molecule has 0 aromatic carbocycles. The Bertz CT molecular complexity index is 394. The van der Waals surface area contributed by atoms with Gasteiger partial charge in [0.2, 0.25) is 0 Å². The maximum Gasteiger partial charge on any atom is 0.151 e. The van der Waals surface area contributed by atoms with Crippen molar-refractivity contribution in [3.63, 3.8) is 0 Å². The van der Waals surface area contributed by atoms with E-state index in [1.807, 2.05) is 18.2 Å². The molecule has 0 aliphatic carbocycles. The molecule has 0 bridgehead atoms. The van der Waals surface area contributed by atoms with Gasteiger partial charge >= 0.3 is 0 Å². The Kier molecular flexibility index (Phi) is 3.04. The van der Waals surface area contributed by atoms with Gasteiger partial charge in [-0.25, -0.2) is 0 Å². The second-order valence-electron chi connectivity index (χ2n) is 3.06. The summed E-state index contributed by atoms with van der Waals surface area (Å²) in [6.07, 6.45) is 1.63. The number of hydrogen-bond donors (Lipinski definition) is 2. The molecule has 2 aromatic rings. The Morgan fingerprint density at radius 2 is 2.53 bits per heavy atom. The Morgan fingerprint density at radius 3 is 3.27 bits per heavy atom. The van der Waals surface area contributed by atoms with Crippen LogP contribution in [-0.4, -0.2) is 30.5 Å². The summed E-state index contributed by atoms with van der Waals surface area (Å²) in [7, 11) is 1.67. The maximum absolute atomic E-state index is 5.23. The first-order valence-electron chi connectivity index (χ1n) is 4.72. The van der Waals surface area contributed by atoms with E-state index in [1.54, 1.807) is 13.4 Å². The van der Waals surface area contributed by atoms with Crippen LogP contribution in [0.3, 0.4) is 0 Å². The Labute approximate surface area is 87.4 Å². The molecule has 80 valence electrons. The van der Waals surface area contributed by atoms with Crippen molar-refractivity contribution < 1.29 is 9.15 Å². The van der Waals surface area contributed by atoms with E-state index < -0.39 is 0 Å². The van der Waals surface area contributed by atoms with E-state index in [4.69, 9.17) is 9.15 Å². The van der Waals surface area contributed by atoms with Crippen molar-refractivity contribution in [1.82, 2.24) is 10.2 Å². The van der Waals surface area contributed by atoms with Crippen molar-refractivity contribution in [3.8, 4) is 11.5 Å². The standard InChI is InChI=1S/C10H13N3O2/c1-14-6-4-11-10-7-8(12-13-10)9-3-2-5-15-9/h2-3,5,7H,4,6H2,1H3,(H2,11,12,13). The van der Waals surface area contributed by atoms with Gasteiger partial charge in [0.05, 0.1) is 12.9 Å². The highest BCUT2D eigenvalue weighted by molar-refractivity contribution is 5.56. The molecular formula is C10H13N3O2. The van der Waals surface area contributed by atoms with Gasteiger partial charge in [-0.05, 0) is 12.1 Å². The molecule has 0 unspecified atom stereocenters. The van der Waals surface area contributed by atoms with E-state index in [1.165, 1.54) is 0 Å². The smallest absolute Gasteiger partial charge is 0.151 e. The van der Waals surface area contributed by atoms with Crippen LogP contribution in [0.4, 0.5) is 5.82 Å². The number of nitrogens with one attached hydrogen (secondary N) is 2. The van der Waals surface area contributed by atoms with Gasteiger partial charge < -0.3 is 14.5 Å². The second kappa shape index (κ2) is 4.65. The number of H-pyrrole nitrogens is 1. The van der Waals surface area contributed by atoms with Crippen LogP contribution in [0.15, 0.2) is 28.9 Å². The number of ether oxygens (including phenoxy) is 1. The Morgan fingerprint density at radius 1 is 1.60 bits per heavy atom. The molecule has 5 nitrogen and oxygen atoms in total. The summed E-state index contributed by atoms with van der Waals surface area (Å²) in [5, 5.41) is 10.1. The van der Waals surface area contributed by atoms with Crippen molar-refractivity contribution in [1.29, 1.82) is 0 Å². The molecular weight excluding hydrogens is 194 g/mol. The molecule has 0 saturated heterocycles. The first-order chi connectivity index (χ1) is 7.40. The topological polar surface area (TPSA) is 63.1 Å². The minimum absolute atomic E-state index is 0.656. The van der Waals surface area contributed by atoms with E-state index >= 15 is 0 Å². The zero-order chi connectivity index (χ0) is 10.5. The van der Waals surface area contributed by atoms with Crippen LogP contribution in [0, 0.1) is 0 Å². The van der Waals surface area contributed by atoms with E-state index in [9.17, 15) is 0 Å². The van der Waals surface area contributed by atoms with Gasteiger partial charge in [-0.15, -0.1) is 0 Å². The van der Waals surface area contributed by atoms with Gasteiger partial charge in [0.1, 0.15) is 11.5 Å². The normalized spacial score (nSPS) is 10.5. The highest BCUT2D eigenvalue weighted by atomic mass is 16.5. The average molecular weight is 207 g/mol. The lowest BCUT2D eigenvalue weighted by Gasteiger charge is -1.99. The van der Waals surface area contributed by atoms with E-state index in [-0.39, 0.29) is 0 Å². The first kappa shape index (κ1) is 9.79. The van der Waals surface area contributed by atoms with Crippen LogP contribution in [0.2, 0.25) is 0 Å². The van der Waals surface area contributed by atoms with E-state index in [2.05, 4.69) is 15.5 Å². The molecule has 0 atom stereocenters. The van der Waals surface area contributed by atoms with Crippen LogP contribution >= 0.6 is 0 Å². The highest BCUT2D eigenvalue weighted by Gasteiger charge is 2.04. The number of aromatic nitrogens is 2. The van der Waals surface area contributed by atoms with Crippen molar-refractivity contribution in [2.75, 3.05) is 25.6 Å². The molecule has 0 saturated carbocycles. The van der Waals surface area contributed by atoms with Crippen LogP contribution in [0.5, 0.6) is 0 Å².